The maximum Gasteiger partial charge on any atom is 0.164 e. The summed E-state index contributed by atoms with van der Waals surface area (Å²) in [5, 5.41) is 9.75. The van der Waals surface area contributed by atoms with Crippen molar-refractivity contribution in [3.05, 3.63) is 24.3 Å². The summed E-state index contributed by atoms with van der Waals surface area (Å²) in [5.41, 5.74) is 1.06. The quantitative estimate of drug-likeness (QED) is 0.681. The van der Waals surface area contributed by atoms with E-state index >= 15 is 0 Å². The summed E-state index contributed by atoms with van der Waals surface area (Å²) in [6, 6.07) is 7.44. The molecule has 0 saturated carbocycles. The topological polar surface area (TPSA) is 72.9 Å². The Morgan fingerprint density at radius 1 is 1.13 bits per heavy atom. The molecule has 3 aliphatic heterocycles. The molecule has 0 amide bonds. The Kier molecular flexibility index (Phi) is 6.49. The second-order valence-electron chi connectivity index (χ2n) is 9.50. The number of phenols is 1. The minimum Gasteiger partial charge on any atom is -0.508 e. The summed E-state index contributed by atoms with van der Waals surface area (Å²) >= 11 is 0. The molecule has 0 aromatic heterocycles. The summed E-state index contributed by atoms with van der Waals surface area (Å²) < 4.78 is 30.3. The van der Waals surface area contributed by atoms with Gasteiger partial charge in [0.1, 0.15) is 24.1 Å². The Bertz CT molecular complexity index is 749. The lowest BCUT2D eigenvalue weighted by molar-refractivity contribution is -0.271. The number of aromatic hydroxyl groups is 1. The van der Waals surface area contributed by atoms with Gasteiger partial charge in [-0.3, -0.25) is 4.90 Å². The fourth-order valence-corrected chi connectivity index (χ4v) is 4.60. The number of benzene rings is 1. The van der Waals surface area contributed by atoms with Crippen LogP contribution in [0, 0.1) is 0 Å². The van der Waals surface area contributed by atoms with Gasteiger partial charge in [-0.2, -0.15) is 0 Å². The van der Waals surface area contributed by atoms with Crippen LogP contribution in [-0.2, 0) is 23.7 Å². The molecule has 0 aliphatic carbocycles. The molecule has 31 heavy (non-hydrogen) atoms. The van der Waals surface area contributed by atoms with Crippen LogP contribution < -0.4 is 4.90 Å². The Balaban J connectivity index is 1.36. The molecular weight excluding hydrogens is 400 g/mol. The zero-order valence-electron chi connectivity index (χ0n) is 19.2. The lowest BCUT2D eigenvalue weighted by Gasteiger charge is -2.43. The van der Waals surface area contributed by atoms with E-state index < -0.39 is 11.6 Å². The second-order valence-corrected chi connectivity index (χ2v) is 9.50. The van der Waals surface area contributed by atoms with Crippen molar-refractivity contribution in [1.29, 1.82) is 0 Å². The standard InChI is InChI=1S/C23H36N2O6/c1-22(2,27-5)29-19-15-28-18(20-21(19)31-23(3,4)30-20)14-24-9-11-25(12-10-24)16-7-6-8-17(26)13-16/h6-8,13,18-21,26H,9-12,14-15H2,1-5H3/t18-,19+,20+,21-/m1/s1. The molecule has 8 nitrogen and oxygen atoms in total. The monoisotopic (exact) mass is 436 g/mol. The van der Waals surface area contributed by atoms with Crippen LogP contribution in [-0.4, -0.2) is 92.4 Å². The summed E-state index contributed by atoms with van der Waals surface area (Å²) in [5.74, 6) is -1.09. The molecule has 4 atom stereocenters. The molecule has 174 valence electrons. The van der Waals surface area contributed by atoms with Crippen molar-refractivity contribution in [2.45, 2.75) is 63.7 Å². The lowest BCUT2D eigenvalue weighted by Crippen LogP contribution is -2.58. The third-order valence-corrected chi connectivity index (χ3v) is 6.30. The highest BCUT2D eigenvalue weighted by Gasteiger charge is 2.53. The van der Waals surface area contributed by atoms with Gasteiger partial charge in [0.2, 0.25) is 0 Å². The lowest BCUT2D eigenvalue weighted by atomic mass is 9.99. The average molecular weight is 437 g/mol. The fraction of sp³-hybridized carbons (Fsp3) is 0.739. The van der Waals surface area contributed by atoms with Crippen molar-refractivity contribution in [2.24, 2.45) is 0 Å². The normalized spacial score (nSPS) is 31.6. The minimum atomic E-state index is -0.719. The number of hydrogen-bond acceptors (Lipinski definition) is 8. The highest BCUT2D eigenvalue weighted by molar-refractivity contribution is 5.50. The van der Waals surface area contributed by atoms with Gasteiger partial charge in [-0.15, -0.1) is 0 Å². The fourth-order valence-electron chi connectivity index (χ4n) is 4.60. The molecular formula is C23H36N2O6. The van der Waals surface area contributed by atoms with E-state index in [2.05, 4.69) is 9.80 Å². The second kappa shape index (κ2) is 8.84. The number of ether oxygens (including phenoxy) is 5. The van der Waals surface area contributed by atoms with Crippen LogP contribution >= 0.6 is 0 Å². The van der Waals surface area contributed by atoms with Gasteiger partial charge in [-0.1, -0.05) is 6.07 Å². The van der Waals surface area contributed by atoms with Crippen LogP contribution in [0.25, 0.3) is 0 Å². The zero-order chi connectivity index (χ0) is 22.2. The predicted molar refractivity (Wildman–Crippen MR) is 116 cm³/mol. The van der Waals surface area contributed by atoms with Crippen LogP contribution in [0.3, 0.4) is 0 Å². The maximum absolute atomic E-state index is 9.75. The molecule has 3 heterocycles. The highest BCUT2D eigenvalue weighted by Crippen LogP contribution is 2.38. The number of methoxy groups -OCH3 is 1. The first kappa shape index (κ1) is 22.8. The predicted octanol–water partition coefficient (Wildman–Crippen LogP) is 2.20. The van der Waals surface area contributed by atoms with Crippen LogP contribution in [0.1, 0.15) is 27.7 Å². The van der Waals surface area contributed by atoms with Crippen molar-refractivity contribution < 1.29 is 28.8 Å². The molecule has 0 radical (unpaired) electrons. The third kappa shape index (κ3) is 5.32. The molecule has 1 aromatic rings. The molecule has 8 heteroatoms. The smallest absolute Gasteiger partial charge is 0.164 e. The van der Waals surface area contributed by atoms with Gasteiger partial charge in [0.15, 0.2) is 11.6 Å². The number of anilines is 1. The van der Waals surface area contributed by atoms with Crippen molar-refractivity contribution in [2.75, 3.05) is 51.3 Å². The number of rotatable bonds is 6. The Labute approximate surface area is 184 Å². The highest BCUT2D eigenvalue weighted by atomic mass is 16.8. The SMILES string of the molecule is COC(C)(C)O[C@H]1CO[C@H](CN2CCN(c3cccc(O)c3)CC2)[C@@H]2OC(C)(C)O[C@@H]21. The molecule has 1 aromatic carbocycles. The van der Waals surface area contributed by atoms with Gasteiger partial charge in [-0.25, -0.2) is 0 Å². The first-order chi connectivity index (χ1) is 14.7. The molecule has 0 spiro atoms. The van der Waals surface area contributed by atoms with Crippen LogP contribution in [0.15, 0.2) is 24.3 Å². The molecule has 3 fully saturated rings. The Morgan fingerprint density at radius 3 is 2.52 bits per heavy atom. The van der Waals surface area contributed by atoms with Gasteiger partial charge in [0.05, 0.1) is 12.7 Å². The number of nitrogens with zero attached hydrogens (tertiary/aromatic N) is 2. The van der Waals surface area contributed by atoms with Crippen LogP contribution in [0.2, 0.25) is 0 Å². The number of fused-ring (bicyclic) bond motifs is 1. The van der Waals surface area contributed by atoms with E-state index in [4.69, 9.17) is 23.7 Å². The van der Waals surface area contributed by atoms with Gasteiger partial charge in [0, 0.05) is 51.6 Å². The van der Waals surface area contributed by atoms with E-state index in [1.165, 1.54) is 0 Å². The van der Waals surface area contributed by atoms with Crippen molar-refractivity contribution in [3.63, 3.8) is 0 Å². The van der Waals surface area contributed by atoms with Gasteiger partial charge < -0.3 is 33.7 Å². The van der Waals surface area contributed by atoms with E-state index in [1.807, 2.05) is 45.9 Å². The first-order valence-corrected chi connectivity index (χ1v) is 11.1. The van der Waals surface area contributed by atoms with Gasteiger partial charge >= 0.3 is 0 Å². The van der Waals surface area contributed by atoms with Crippen LogP contribution in [0.4, 0.5) is 5.69 Å². The summed E-state index contributed by atoms with van der Waals surface area (Å²) in [6.45, 7) is 12.5. The number of hydrogen-bond donors (Lipinski definition) is 1. The number of piperazine rings is 1. The summed E-state index contributed by atoms with van der Waals surface area (Å²) in [4.78, 5) is 4.71. The molecule has 1 N–H and O–H groups in total. The zero-order valence-corrected chi connectivity index (χ0v) is 19.2. The average Bonchev–Trinajstić information content (AvgIpc) is 3.06. The van der Waals surface area contributed by atoms with Crippen molar-refractivity contribution in [3.8, 4) is 5.75 Å². The molecule has 0 unspecified atom stereocenters. The summed E-state index contributed by atoms with van der Waals surface area (Å²) in [7, 11) is 1.64. The van der Waals surface area contributed by atoms with E-state index in [1.54, 1.807) is 13.2 Å². The minimum absolute atomic E-state index is 0.0791. The van der Waals surface area contributed by atoms with Gasteiger partial charge in [-0.05, 0) is 39.8 Å². The van der Waals surface area contributed by atoms with E-state index in [0.717, 1.165) is 38.4 Å². The molecule has 3 saturated heterocycles. The third-order valence-electron chi connectivity index (χ3n) is 6.30. The first-order valence-electron chi connectivity index (χ1n) is 11.1. The van der Waals surface area contributed by atoms with E-state index in [0.29, 0.717) is 12.4 Å². The molecule has 0 bridgehead atoms. The molecule has 4 rings (SSSR count). The maximum atomic E-state index is 9.75. The summed E-state index contributed by atoms with van der Waals surface area (Å²) in [6.07, 6.45) is -0.715. The van der Waals surface area contributed by atoms with E-state index in [9.17, 15) is 5.11 Å². The van der Waals surface area contributed by atoms with Crippen LogP contribution in [0.5, 0.6) is 5.75 Å². The van der Waals surface area contributed by atoms with Gasteiger partial charge in [0.25, 0.3) is 0 Å². The molecule has 3 aliphatic rings. The van der Waals surface area contributed by atoms with Crippen molar-refractivity contribution >= 4 is 5.69 Å². The number of phenolic OH excluding ortho intramolecular Hbond substituents is 1. The van der Waals surface area contributed by atoms with Crippen molar-refractivity contribution in [1.82, 2.24) is 4.90 Å². The Morgan fingerprint density at radius 2 is 1.84 bits per heavy atom. The Hall–Kier alpha value is -1.42. The largest absolute Gasteiger partial charge is 0.508 e. The van der Waals surface area contributed by atoms with E-state index in [-0.39, 0.29) is 24.4 Å².